The Hall–Kier alpha value is -1.82. The molecule has 138 valence electrons. The summed E-state index contributed by atoms with van der Waals surface area (Å²) < 4.78 is 0. The number of hydrogen-bond acceptors (Lipinski definition) is 3. The van der Waals surface area contributed by atoms with Crippen LogP contribution in [-0.2, 0) is 0 Å². The van der Waals surface area contributed by atoms with Gasteiger partial charge in [0, 0.05) is 48.7 Å². The first kappa shape index (κ1) is 19.0. The lowest BCUT2D eigenvalue weighted by atomic mass is 10.1. The second kappa shape index (κ2) is 7.82. The van der Waals surface area contributed by atoms with Gasteiger partial charge in [0.2, 0.25) is 0 Å². The molecule has 3 rings (SSSR count). The summed E-state index contributed by atoms with van der Waals surface area (Å²) >= 11 is 11.9. The van der Waals surface area contributed by atoms with Gasteiger partial charge in [-0.15, -0.1) is 0 Å². The molecule has 1 aliphatic heterocycles. The minimum atomic E-state index is -0.0633. The SMILES string of the molecule is Cc1cc(C(=O)CN2CCN(C(=O)c3ccc(Cl)c(Cl)c3)CC2)c(C)[nH]1. The number of aromatic amines is 1. The van der Waals surface area contributed by atoms with Crippen LogP contribution in [0.2, 0.25) is 10.0 Å². The molecule has 1 aromatic heterocycles. The van der Waals surface area contributed by atoms with Crippen molar-refractivity contribution in [2.24, 2.45) is 0 Å². The van der Waals surface area contributed by atoms with Crippen molar-refractivity contribution in [1.82, 2.24) is 14.8 Å². The molecule has 1 fully saturated rings. The monoisotopic (exact) mass is 393 g/mol. The van der Waals surface area contributed by atoms with Crippen LogP contribution in [0.15, 0.2) is 24.3 Å². The third kappa shape index (κ3) is 4.11. The maximum absolute atomic E-state index is 12.6. The molecule has 26 heavy (non-hydrogen) atoms. The molecular weight excluding hydrogens is 373 g/mol. The summed E-state index contributed by atoms with van der Waals surface area (Å²) in [6.07, 6.45) is 0. The van der Waals surface area contributed by atoms with Crippen LogP contribution >= 0.6 is 23.2 Å². The van der Waals surface area contributed by atoms with E-state index >= 15 is 0 Å². The van der Waals surface area contributed by atoms with E-state index in [0.29, 0.717) is 48.3 Å². The number of hydrogen-bond donors (Lipinski definition) is 1. The Morgan fingerprint density at radius 2 is 1.73 bits per heavy atom. The predicted molar refractivity (Wildman–Crippen MR) is 103 cm³/mol. The van der Waals surface area contributed by atoms with Crippen LogP contribution < -0.4 is 0 Å². The van der Waals surface area contributed by atoms with Gasteiger partial charge in [0.1, 0.15) is 0 Å². The largest absolute Gasteiger partial charge is 0.362 e. The molecule has 0 saturated carbocycles. The number of carbonyl (C=O) groups excluding carboxylic acids is 2. The fraction of sp³-hybridized carbons (Fsp3) is 0.368. The Morgan fingerprint density at radius 3 is 2.31 bits per heavy atom. The number of H-pyrrole nitrogens is 1. The van der Waals surface area contributed by atoms with Crippen molar-refractivity contribution in [2.45, 2.75) is 13.8 Å². The molecule has 1 aromatic carbocycles. The first-order chi connectivity index (χ1) is 12.3. The lowest BCUT2D eigenvalue weighted by Crippen LogP contribution is -2.49. The molecule has 0 unspecified atom stereocenters. The maximum Gasteiger partial charge on any atom is 0.253 e. The van der Waals surface area contributed by atoms with Crippen LogP contribution in [0.25, 0.3) is 0 Å². The highest BCUT2D eigenvalue weighted by Gasteiger charge is 2.24. The first-order valence-corrected chi connectivity index (χ1v) is 9.27. The van der Waals surface area contributed by atoms with Gasteiger partial charge in [0.05, 0.1) is 16.6 Å². The lowest BCUT2D eigenvalue weighted by molar-refractivity contribution is 0.0624. The quantitative estimate of drug-likeness (QED) is 0.807. The normalized spacial score (nSPS) is 15.3. The third-order valence-electron chi connectivity index (χ3n) is 4.64. The molecule has 2 heterocycles. The number of piperazine rings is 1. The second-order valence-corrected chi connectivity index (χ2v) is 7.43. The van der Waals surface area contributed by atoms with Gasteiger partial charge in [0.25, 0.3) is 5.91 Å². The molecule has 0 aliphatic carbocycles. The number of nitrogens with zero attached hydrogens (tertiary/aromatic N) is 2. The highest BCUT2D eigenvalue weighted by molar-refractivity contribution is 6.42. The number of aromatic nitrogens is 1. The smallest absolute Gasteiger partial charge is 0.253 e. The van der Waals surface area contributed by atoms with Crippen molar-refractivity contribution < 1.29 is 9.59 Å². The van der Waals surface area contributed by atoms with Crippen molar-refractivity contribution in [1.29, 1.82) is 0 Å². The van der Waals surface area contributed by atoms with E-state index in [1.807, 2.05) is 19.9 Å². The average molecular weight is 394 g/mol. The van der Waals surface area contributed by atoms with E-state index in [4.69, 9.17) is 23.2 Å². The fourth-order valence-electron chi connectivity index (χ4n) is 3.22. The van der Waals surface area contributed by atoms with Crippen LogP contribution in [0.1, 0.15) is 32.1 Å². The van der Waals surface area contributed by atoms with E-state index in [2.05, 4.69) is 9.88 Å². The highest BCUT2D eigenvalue weighted by atomic mass is 35.5. The molecule has 0 bridgehead atoms. The fourth-order valence-corrected chi connectivity index (χ4v) is 3.52. The standard InChI is InChI=1S/C19H21Cl2N3O2/c1-12-9-15(13(2)22-12)18(25)11-23-5-7-24(8-6-23)19(26)14-3-4-16(20)17(21)10-14/h3-4,9-10,22H,5-8,11H2,1-2H3. The number of Topliss-reactive ketones (excluding diaryl/α,β-unsaturated/α-hetero) is 1. The zero-order chi connectivity index (χ0) is 18.8. The van der Waals surface area contributed by atoms with Crippen molar-refractivity contribution >= 4 is 34.9 Å². The molecular formula is C19H21Cl2N3O2. The summed E-state index contributed by atoms with van der Waals surface area (Å²) in [4.78, 5) is 32.1. The van der Waals surface area contributed by atoms with Crippen molar-refractivity contribution in [3.05, 3.63) is 56.8 Å². The van der Waals surface area contributed by atoms with E-state index < -0.39 is 0 Å². The number of amides is 1. The number of halogens is 2. The molecule has 5 nitrogen and oxygen atoms in total. The van der Waals surface area contributed by atoms with E-state index in [-0.39, 0.29) is 11.7 Å². The molecule has 7 heteroatoms. The van der Waals surface area contributed by atoms with Crippen LogP contribution in [0.4, 0.5) is 0 Å². The van der Waals surface area contributed by atoms with Gasteiger partial charge >= 0.3 is 0 Å². The van der Waals surface area contributed by atoms with Gasteiger partial charge in [-0.25, -0.2) is 0 Å². The number of ketones is 1. The number of benzene rings is 1. The number of rotatable bonds is 4. The van der Waals surface area contributed by atoms with E-state index in [1.165, 1.54) is 0 Å². The molecule has 2 aromatic rings. The zero-order valence-corrected chi connectivity index (χ0v) is 16.3. The minimum absolute atomic E-state index is 0.0633. The van der Waals surface area contributed by atoms with Crippen molar-refractivity contribution in [3.8, 4) is 0 Å². The molecule has 1 amide bonds. The summed E-state index contributed by atoms with van der Waals surface area (Å²) in [5.74, 6) is 0.0442. The topological polar surface area (TPSA) is 56.4 Å². The molecule has 1 aliphatic rings. The van der Waals surface area contributed by atoms with Gasteiger partial charge in [-0.3, -0.25) is 14.5 Å². The van der Waals surface area contributed by atoms with Crippen molar-refractivity contribution in [3.63, 3.8) is 0 Å². The Labute approximate surface area is 162 Å². The minimum Gasteiger partial charge on any atom is -0.362 e. The van der Waals surface area contributed by atoms with Crippen LogP contribution in [-0.4, -0.2) is 59.2 Å². The van der Waals surface area contributed by atoms with Gasteiger partial charge in [-0.2, -0.15) is 0 Å². The van der Waals surface area contributed by atoms with E-state index in [0.717, 1.165) is 17.0 Å². The first-order valence-electron chi connectivity index (χ1n) is 8.51. The number of nitrogens with one attached hydrogen (secondary N) is 1. The average Bonchev–Trinajstić information content (AvgIpc) is 2.96. The maximum atomic E-state index is 12.6. The Bertz CT molecular complexity index is 839. The highest BCUT2D eigenvalue weighted by Crippen LogP contribution is 2.23. The summed E-state index contributed by atoms with van der Waals surface area (Å²) in [5, 5.41) is 0.806. The summed E-state index contributed by atoms with van der Waals surface area (Å²) in [7, 11) is 0. The third-order valence-corrected chi connectivity index (χ3v) is 5.38. The summed E-state index contributed by atoms with van der Waals surface area (Å²) in [5.41, 5.74) is 3.17. The molecule has 1 saturated heterocycles. The van der Waals surface area contributed by atoms with Crippen LogP contribution in [0, 0.1) is 13.8 Å². The van der Waals surface area contributed by atoms with Gasteiger partial charge in [-0.1, -0.05) is 23.2 Å². The van der Waals surface area contributed by atoms with Gasteiger partial charge in [0.15, 0.2) is 5.78 Å². The van der Waals surface area contributed by atoms with E-state index in [1.54, 1.807) is 23.1 Å². The van der Waals surface area contributed by atoms with Crippen LogP contribution in [0.3, 0.4) is 0 Å². The number of aryl methyl sites for hydroxylation is 2. The summed E-state index contributed by atoms with van der Waals surface area (Å²) in [6, 6.07) is 6.80. The van der Waals surface area contributed by atoms with Gasteiger partial charge in [-0.05, 0) is 38.1 Å². The molecule has 0 radical (unpaired) electrons. The lowest BCUT2D eigenvalue weighted by Gasteiger charge is -2.34. The Kier molecular flexibility index (Phi) is 5.70. The summed E-state index contributed by atoms with van der Waals surface area (Å²) in [6.45, 7) is 6.72. The Morgan fingerprint density at radius 1 is 1.04 bits per heavy atom. The van der Waals surface area contributed by atoms with Gasteiger partial charge < -0.3 is 9.88 Å². The van der Waals surface area contributed by atoms with Crippen molar-refractivity contribution in [2.75, 3.05) is 32.7 Å². The number of carbonyl (C=O) groups is 2. The Balaban J connectivity index is 1.57. The van der Waals surface area contributed by atoms with E-state index in [9.17, 15) is 9.59 Å². The zero-order valence-electron chi connectivity index (χ0n) is 14.8. The molecule has 0 spiro atoms. The predicted octanol–water partition coefficient (Wildman–Crippen LogP) is 3.58. The van der Waals surface area contributed by atoms with Crippen LogP contribution in [0.5, 0.6) is 0 Å². The molecule has 1 N–H and O–H groups in total. The second-order valence-electron chi connectivity index (χ2n) is 6.61. The molecule has 0 atom stereocenters.